The number of aliphatic hydroxyl groups is 3. The first-order valence-electron chi connectivity index (χ1n) is 5.40. The van der Waals surface area contributed by atoms with Gasteiger partial charge in [0, 0.05) is 11.4 Å². The van der Waals surface area contributed by atoms with E-state index in [-0.39, 0.29) is 19.8 Å². The first kappa shape index (κ1) is 14.5. The van der Waals surface area contributed by atoms with Crippen LogP contribution in [0.2, 0.25) is 0 Å². The van der Waals surface area contributed by atoms with Gasteiger partial charge in [-0.25, -0.2) is 0 Å². The van der Waals surface area contributed by atoms with Crippen LogP contribution in [-0.4, -0.2) is 46.9 Å². The number of thioether (sulfide) groups is 1. The maximum absolute atomic E-state index is 9.15. The summed E-state index contributed by atoms with van der Waals surface area (Å²) in [6.07, 6.45) is 2.02. The molecule has 0 atom stereocenters. The topological polar surface area (TPSA) is 72.7 Å². The number of aliphatic hydroxyl groups excluding tert-OH is 3. The lowest BCUT2D eigenvalue weighted by Crippen LogP contribution is -2.54. The molecule has 0 aliphatic heterocycles. The summed E-state index contributed by atoms with van der Waals surface area (Å²) >= 11 is 1.67. The molecule has 0 bridgehead atoms. The average molecular weight is 257 g/mol. The molecule has 17 heavy (non-hydrogen) atoms. The molecule has 1 aromatic rings. The van der Waals surface area contributed by atoms with Gasteiger partial charge in [0.15, 0.2) is 0 Å². The predicted octanol–water partition coefficient (Wildman–Crippen LogP) is 0.214. The van der Waals surface area contributed by atoms with Crippen molar-refractivity contribution in [2.24, 2.45) is 0 Å². The van der Waals surface area contributed by atoms with E-state index in [0.717, 1.165) is 5.56 Å². The van der Waals surface area contributed by atoms with Gasteiger partial charge in [-0.1, -0.05) is 12.1 Å². The fourth-order valence-electron chi connectivity index (χ4n) is 1.35. The number of hydrogen-bond donors (Lipinski definition) is 4. The van der Waals surface area contributed by atoms with Crippen LogP contribution in [0, 0.1) is 0 Å². The van der Waals surface area contributed by atoms with Crippen LogP contribution >= 0.6 is 11.8 Å². The van der Waals surface area contributed by atoms with Gasteiger partial charge in [-0.2, -0.15) is 0 Å². The highest BCUT2D eigenvalue weighted by molar-refractivity contribution is 7.98. The number of rotatable bonds is 7. The Kier molecular flexibility index (Phi) is 5.94. The highest BCUT2D eigenvalue weighted by Gasteiger charge is 2.26. The molecule has 4 nitrogen and oxygen atoms in total. The molecule has 4 N–H and O–H groups in total. The summed E-state index contributed by atoms with van der Waals surface area (Å²) in [6.45, 7) is -0.412. The number of benzene rings is 1. The molecule has 0 unspecified atom stereocenters. The van der Waals surface area contributed by atoms with E-state index in [1.54, 1.807) is 11.8 Å². The summed E-state index contributed by atoms with van der Waals surface area (Å²) in [4.78, 5) is 1.19. The summed E-state index contributed by atoms with van der Waals surface area (Å²) < 4.78 is 0. The van der Waals surface area contributed by atoms with Gasteiger partial charge in [0.2, 0.25) is 0 Å². The summed E-state index contributed by atoms with van der Waals surface area (Å²) in [7, 11) is 0. The minimum atomic E-state index is -1.02. The molecule has 0 heterocycles. The fourth-order valence-corrected chi connectivity index (χ4v) is 1.76. The van der Waals surface area contributed by atoms with Gasteiger partial charge in [-0.05, 0) is 24.0 Å². The van der Waals surface area contributed by atoms with E-state index in [0.29, 0.717) is 6.54 Å². The molecule has 0 amide bonds. The maximum atomic E-state index is 9.15. The van der Waals surface area contributed by atoms with E-state index in [2.05, 4.69) is 5.32 Å². The molecule has 0 saturated heterocycles. The summed E-state index contributed by atoms with van der Waals surface area (Å²) in [6, 6.07) is 7.99. The second-order valence-electron chi connectivity index (χ2n) is 3.96. The smallest absolute Gasteiger partial charge is 0.0884 e. The quantitative estimate of drug-likeness (QED) is 0.526. The van der Waals surface area contributed by atoms with Crippen molar-refractivity contribution >= 4 is 11.8 Å². The second kappa shape index (κ2) is 6.98. The lowest BCUT2D eigenvalue weighted by Gasteiger charge is -2.28. The third-order valence-corrected chi connectivity index (χ3v) is 3.48. The zero-order chi connectivity index (χ0) is 12.7. The monoisotopic (exact) mass is 257 g/mol. The molecule has 5 heteroatoms. The summed E-state index contributed by atoms with van der Waals surface area (Å²) in [5, 5.41) is 30.4. The van der Waals surface area contributed by atoms with Crippen LogP contribution in [0.1, 0.15) is 5.56 Å². The van der Waals surface area contributed by atoms with Gasteiger partial charge in [-0.15, -0.1) is 11.8 Å². The van der Waals surface area contributed by atoms with Crippen LogP contribution < -0.4 is 5.32 Å². The predicted molar refractivity (Wildman–Crippen MR) is 69.1 cm³/mol. The van der Waals surface area contributed by atoms with E-state index in [1.165, 1.54) is 4.90 Å². The molecule has 0 aliphatic carbocycles. The second-order valence-corrected chi connectivity index (χ2v) is 4.84. The van der Waals surface area contributed by atoms with Crippen molar-refractivity contribution in [3.63, 3.8) is 0 Å². The van der Waals surface area contributed by atoms with Gasteiger partial charge in [0.05, 0.1) is 25.4 Å². The fraction of sp³-hybridized carbons (Fsp3) is 0.500. The SMILES string of the molecule is CSc1ccc(CNC(CO)(CO)CO)cc1. The van der Waals surface area contributed by atoms with E-state index < -0.39 is 5.54 Å². The van der Waals surface area contributed by atoms with Gasteiger partial charge in [-0.3, -0.25) is 0 Å². The third kappa shape index (κ3) is 3.97. The van der Waals surface area contributed by atoms with Crippen LogP contribution in [0.4, 0.5) is 0 Å². The molecule has 0 radical (unpaired) electrons. The minimum Gasteiger partial charge on any atom is -0.394 e. The minimum absolute atomic E-state index is 0.303. The first-order valence-corrected chi connectivity index (χ1v) is 6.62. The highest BCUT2D eigenvalue weighted by Crippen LogP contribution is 2.15. The van der Waals surface area contributed by atoms with Gasteiger partial charge in [0.25, 0.3) is 0 Å². The van der Waals surface area contributed by atoms with E-state index in [4.69, 9.17) is 15.3 Å². The Balaban J connectivity index is 2.59. The normalized spacial score (nSPS) is 11.8. The molecular formula is C12H19NO3S. The highest BCUT2D eigenvalue weighted by atomic mass is 32.2. The summed E-state index contributed by atoms with van der Waals surface area (Å²) in [5.41, 5.74) is 0.0283. The van der Waals surface area contributed by atoms with Gasteiger partial charge in [0.1, 0.15) is 0 Å². The van der Waals surface area contributed by atoms with Crippen molar-refractivity contribution in [1.82, 2.24) is 5.32 Å². The van der Waals surface area contributed by atoms with Crippen molar-refractivity contribution < 1.29 is 15.3 Å². The Morgan fingerprint density at radius 2 is 1.59 bits per heavy atom. The van der Waals surface area contributed by atoms with Crippen molar-refractivity contribution in [1.29, 1.82) is 0 Å². The van der Waals surface area contributed by atoms with Crippen LogP contribution in [0.25, 0.3) is 0 Å². The molecule has 0 aliphatic rings. The zero-order valence-corrected chi connectivity index (χ0v) is 10.7. The lowest BCUT2D eigenvalue weighted by atomic mass is 10.0. The van der Waals surface area contributed by atoms with Crippen LogP contribution in [0.15, 0.2) is 29.2 Å². The van der Waals surface area contributed by atoms with Crippen molar-refractivity contribution in [3.8, 4) is 0 Å². The summed E-state index contributed by atoms with van der Waals surface area (Å²) in [5.74, 6) is 0. The molecule has 96 valence electrons. The first-order chi connectivity index (χ1) is 8.19. The van der Waals surface area contributed by atoms with Gasteiger partial charge >= 0.3 is 0 Å². The van der Waals surface area contributed by atoms with Crippen molar-refractivity contribution in [2.75, 3.05) is 26.1 Å². The molecule has 0 spiro atoms. The van der Waals surface area contributed by atoms with E-state index in [1.807, 2.05) is 30.5 Å². The Morgan fingerprint density at radius 3 is 2.00 bits per heavy atom. The molecule has 0 saturated carbocycles. The molecular weight excluding hydrogens is 238 g/mol. The van der Waals surface area contributed by atoms with E-state index in [9.17, 15) is 0 Å². The average Bonchev–Trinajstić information content (AvgIpc) is 2.41. The third-order valence-electron chi connectivity index (χ3n) is 2.73. The Hall–Kier alpha value is -0.590. The van der Waals surface area contributed by atoms with Crippen LogP contribution in [0.5, 0.6) is 0 Å². The van der Waals surface area contributed by atoms with Crippen LogP contribution in [0.3, 0.4) is 0 Å². The largest absolute Gasteiger partial charge is 0.394 e. The van der Waals surface area contributed by atoms with Crippen LogP contribution in [-0.2, 0) is 6.54 Å². The molecule has 1 rings (SSSR count). The maximum Gasteiger partial charge on any atom is 0.0884 e. The molecule has 0 fully saturated rings. The van der Waals surface area contributed by atoms with Crippen molar-refractivity contribution in [2.45, 2.75) is 17.0 Å². The lowest BCUT2D eigenvalue weighted by molar-refractivity contribution is 0.0414. The Bertz CT molecular complexity index is 317. The van der Waals surface area contributed by atoms with Gasteiger partial charge < -0.3 is 20.6 Å². The van der Waals surface area contributed by atoms with E-state index >= 15 is 0 Å². The Morgan fingerprint density at radius 1 is 1.06 bits per heavy atom. The van der Waals surface area contributed by atoms with Crippen molar-refractivity contribution in [3.05, 3.63) is 29.8 Å². The number of hydrogen-bond acceptors (Lipinski definition) is 5. The zero-order valence-electron chi connectivity index (χ0n) is 9.89. The Labute approximate surface area is 106 Å². The number of nitrogens with one attached hydrogen (secondary N) is 1. The standard InChI is InChI=1S/C12H19NO3S/c1-17-11-4-2-10(3-5-11)6-13-12(7-14,8-15)9-16/h2-5,13-16H,6-9H2,1H3. The molecule has 0 aromatic heterocycles. The molecule has 1 aromatic carbocycles.